The summed E-state index contributed by atoms with van der Waals surface area (Å²) in [6, 6.07) is 13.8. The van der Waals surface area contributed by atoms with Gasteiger partial charge in [-0.05, 0) is 49.1 Å². The Hall–Kier alpha value is -3.95. The Balaban J connectivity index is 0.000000521. The fourth-order valence-corrected chi connectivity index (χ4v) is 3.70. The molecule has 1 amide bonds. The molecule has 0 saturated carbocycles. The zero-order valence-electron chi connectivity index (χ0n) is 20.4. The van der Waals surface area contributed by atoms with Crippen LogP contribution in [0.5, 0.6) is 0 Å². The van der Waals surface area contributed by atoms with E-state index in [2.05, 4.69) is 16.1 Å². The summed E-state index contributed by atoms with van der Waals surface area (Å²) in [5.74, 6) is -1.50. The van der Waals surface area contributed by atoms with Crippen molar-refractivity contribution in [3.05, 3.63) is 83.1 Å². The molecule has 0 atom stereocenters. The summed E-state index contributed by atoms with van der Waals surface area (Å²) in [4.78, 5) is 45.1. The summed E-state index contributed by atoms with van der Waals surface area (Å²) < 4.78 is 8.73. The Morgan fingerprint density at radius 2 is 1.81 bits per heavy atom. The highest BCUT2D eigenvalue weighted by Gasteiger charge is 2.25. The van der Waals surface area contributed by atoms with E-state index in [-0.39, 0.29) is 18.3 Å². The molecule has 2 aromatic carbocycles. The number of halogens is 1. The fourth-order valence-electron chi connectivity index (χ4n) is 3.53. The number of anilines is 2. The highest BCUT2D eigenvalue weighted by molar-refractivity contribution is 6.31. The minimum absolute atomic E-state index is 0.00439. The second-order valence-electron chi connectivity index (χ2n) is 7.61. The van der Waals surface area contributed by atoms with Crippen molar-refractivity contribution in [2.24, 2.45) is 0 Å². The molecule has 196 valence electrons. The van der Waals surface area contributed by atoms with Crippen molar-refractivity contribution in [2.45, 2.75) is 26.2 Å². The number of rotatable bonds is 10. The summed E-state index contributed by atoms with van der Waals surface area (Å²) in [6.45, 7) is 3.25. The SMILES string of the molecule is CCOC(=O)/C=C/CNCCC(=O)N1c2ccccc2CCc2ccc(Cl)cc21.O=CO/C=C\C(=O)O. The van der Waals surface area contributed by atoms with Gasteiger partial charge in [0, 0.05) is 30.6 Å². The van der Waals surface area contributed by atoms with E-state index in [9.17, 15) is 19.2 Å². The topological polar surface area (TPSA) is 122 Å². The van der Waals surface area contributed by atoms with E-state index >= 15 is 0 Å². The van der Waals surface area contributed by atoms with Gasteiger partial charge in [-0.3, -0.25) is 14.5 Å². The van der Waals surface area contributed by atoms with Crippen molar-refractivity contribution in [3.63, 3.8) is 0 Å². The number of para-hydroxylation sites is 1. The van der Waals surface area contributed by atoms with Crippen molar-refractivity contribution in [1.82, 2.24) is 5.32 Å². The monoisotopic (exact) mass is 528 g/mol. The van der Waals surface area contributed by atoms with Gasteiger partial charge in [0.1, 0.15) is 6.26 Å². The normalized spacial score (nSPS) is 12.1. The van der Waals surface area contributed by atoms with Gasteiger partial charge in [0.15, 0.2) is 0 Å². The molecule has 2 aromatic rings. The molecule has 1 aliphatic heterocycles. The van der Waals surface area contributed by atoms with Crippen LogP contribution < -0.4 is 10.2 Å². The highest BCUT2D eigenvalue weighted by Crippen LogP contribution is 2.37. The molecule has 0 spiro atoms. The number of ether oxygens (including phenoxy) is 2. The Morgan fingerprint density at radius 1 is 1.08 bits per heavy atom. The van der Waals surface area contributed by atoms with Crippen molar-refractivity contribution >= 4 is 47.3 Å². The van der Waals surface area contributed by atoms with Gasteiger partial charge in [-0.2, -0.15) is 0 Å². The number of benzene rings is 2. The Bertz CT molecular complexity index is 1150. The van der Waals surface area contributed by atoms with Crippen LogP contribution in [0.2, 0.25) is 5.02 Å². The van der Waals surface area contributed by atoms with E-state index in [0.717, 1.165) is 41.6 Å². The lowest BCUT2D eigenvalue weighted by Crippen LogP contribution is -2.30. The molecule has 1 heterocycles. The number of hydrogen-bond donors (Lipinski definition) is 2. The number of carboxylic acid groups (broad SMARTS) is 1. The van der Waals surface area contributed by atoms with E-state index in [1.165, 1.54) is 6.08 Å². The van der Waals surface area contributed by atoms with Gasteiger partial charge in [-0.1, -0.05) is 41.9 Å². The summed E-state index contributed by atoms with van der Waals surface area (Å²) in [7, 11) is 0. The van der Waals surface area contributed by atoms with Gasteiger partial charge in [0.05, 0.1) is 24.1 Å². The number of aliphatic carboxylic acids is 1. The molecule has 37 heavy (non-hydrogen) atoms. The Kier molecular flexibility index (Phi) is 12.6. The van der Waals surface area contributed by atoms with Crippen molar-refractivity contribution in [3.8, 4) is 0 Å². The van der Waals surface area contributed by atoms with E-state index in [4.69, 9.17) is 21.4 Å². The molecule has 0 fully saturated rings. The quantitative estimate of drug-likeness (QED) is 0.156. The molecule has 10 heteroatoms. The first-order valence-corrected chi connectivity index (χ1v) is 12.0. The molecule has 0 radical (unpaired) electrons. The molecule has 0 aliphatic carbocycles. The number of fused-ring (bicyclic) bond motifs is 2. The van der Waals surface area contributed by atoms with Gasteiger partial charge < -0.3 is 19.9 Å². The van der Waals surface area contributed by atoms with Crippen LogP contribution in [0.3, 0.4) is 0 Å². The fraction of sp³-hybridized carbons (Fsp3) is 0.259. The number of aryl methyl sites for hydroxylation is 2. The second-order valence-corrected chi connectivity index (χ2v) is 8.05. The maximum Gasteiger partial charge on any atom is 0.331 e. The van der Waals surface area contributed by atoms with Gasteiger partial charge in [0.25, 0.3) is 6.47 Å². The maximum atomic E-state index is 13.2. The van der Waals surface area contributed by atoms with E-state index < -0.39 is 5.97 Å². The van der Waals surface area contributed by atoms with Gasteiger partial charge in [0.2, 0.25) is 5.91 Å². The molecule has 0 saturated heterocycles. The first-order valence-electron chi connectivity index (χ1n) is 11.6. The standard InChI is InChI=1S/C23H25ClN2O3.C4H4O4/c1-2-29-23(28)8-5-14-25-15-13-22(27)26-20-7-4-3-6-17(20)9-10-18-11-12-19(24)16-21(18)26;5-3-8-2-1-4(6)7/h3-8,11-12,16,25H,2,9-10,13-15H2,1H3;1-3H,(H,6,7)/b8-5+;2-1-. The minimum Gasteiger partial charge on any atom is -0.478 e. The number of nitrogens with zero attached hydrogens (tertiary/aromatic N) is 1. The molecule has 0 aromatic heterocycles. The van der Waals surface area contributed by atoms with Crippen molar-refractivity contribution < 1.29 is 33.8 Å². The zero-order chi connectivity index (χ0) is 27.0. The third kappa shape index (κ3) is 9.91. The molecule has 2 N–H and O–H groups in total. The number of carboxylic acids is 1. The van der Waals surface area contributed by atoms with Crippen molar-refractivity contribution in [2.75, 3.05) is 24.6 Å². The van der Waals surface area contributed by atoms with E-state index in [1.807, 2.05) is 36.4 Å². The highest BCUT2D eigenvalue weighted by atomic mass is 35.5. The predicted molar refractivity (Wildman–Crippen MR) is 140 cm³/mol. The zero-order valence-corrected chi connectivity index (χ0v) is 21.1. The minimum atomic E-state index is -1.15. The molecular weight excluding hydrogens is 500 g/mol. The third-order valence-corrected chi connectivity index (χ3v) is 5.33. The lowest BCUT2D eigenvalue weighted by molar-refractivity contribution is -0.137. The van der Waals surface area contributed by atoms with Crippen LogP contribution in [0.15, 0.2) is 67.0 Å². The number of amides is 1. The average molecular weight is 529 g/mol. The molecule has 0 unspecified atom stereocenters. The number of carbonyl (C=O) groups is 4. The van der Waals surface area contributed by atoms with Crippen LogP contribution in [-0.2, 0) is 41.5 Å². The first kappa shape index (κ1) is 29.3. The second kappa shape index (κ2) is 15.9. The first-order chi connectivity index (χ1) is 17.9. The van der Waals surface area contributed by atoms with Crippen LogP contribution in [-0.4, -0.2) is 49.1 Å². The summed E-state index contributed by atoms with van der Waals surface area (Å²) in [5.41, 5.74) is 4.04. The predicted octanol–water partition coefficient (Wildman–Crippen LogP) is 3.96. The smallest absolute Gasteiger partial charge is 0.331 e. The number of esters is 1. The molecular formula is C27H29ClN2O7. The van der Waals surface area contributed by atoms with Gasteiger partial charge >= 0.3 is 11.9 Å². The van der Waals surface area contributed by atoms with Crippen LogP contribution >= 0.6 is 11.6 Å². The average Bonchev–Trinajstić information content (AvgIpc) is 3.03. The summed E-state index contributed by atoms with van der Waals surface area (Å²) in [5, 5.41) is 11.6. The van der Waals surface area contributed by atoms with Gasteiger partial charge in [-0.25, -0.2) is 9.59 Å². The largest absolute Gasteiger partial charge is 0.478 e. The molecule has 3 rings (SSSR count). The van der Waals surface area contributed by atoms with E-state index in [1.54, 1.807) is 17.9 Å². The van der Waals surface area contributed by atoms with Crippen LogP contribution in [0.4, 0.5) is 11.4 Å². The number of hydrogen-bond acceptors (Lipinski definition) is 7. The molecule has 1 aliphatic rings. The summed E-state index contributed by atoms with van der Waals surface area (Å²) in [6.07, 6.45) is 6.66. The Morgan fingerprint density at radius 3 is 2.51 bits per heavy atom. The Labute approximate surface area is 220 Å². The van der Waals surface area contributed by atoms with E-state index in [0.29, 0.717) is 37.2 Å². The lowest BCUT2D eigenvalue weighted by Gasteiger charge is -2.25. The summed E-state index contributed by atoms with van der Waals surface area (Å²) >= 11 is 6.24. The molecule has 9 nitrogen and oxygen atoms in total. The number of carbonyl (C=O) groups excluding carboxylic acids is 3. The maximum absolute atomic E-state index is 13.2. The number of nitrogens with one attached hydrogen (secondary N) is 1. The van der Waals surface area contributed by atoms with Crippen LogP contribution in [0.1, 0.15) is 24.5 Å². The van der Waals surface area contributed by atoms with Crippen LogP contribution in [0.25, 0.3) is 0 Å². The van der Waals surface area contributed by atoms with Crippen LogP contribution in [0, 0.1) is 0 Å². The lowest BCUT2D eigenvalue weighted by atomic mass is 10.0. The third-order valence-electron chi connectivity index (χ3n) is 5.10. The van der Waals surface area contributed by atoms with Gasteiger partial charge in [-0.15, -0.1) is 0 Å². The molecule has 0 bridgehead atoms. The van der Waals surface area contributed by atoms with Crippen molar-refractivity contribution in [1.29, 1.82) is 0 Å².